The smallest absolute Gasteiger partial charge is 0.259 e. The van der Waals surface area contributed by atoms with Crippen molar-refractivity contribution in [3.05, 3.63) is 68.7 Å². The van der Waals surface area contributed by atoms with E-state index in [0.717, 1.165) is 17.7 Å². The molecule has 3 rings (SSSR count). The van der Waals surface area contributed by atoms with Gasteiger partial charge < -0.3 is 15.0 Å². The predicted molar refractivity (Wildman–Crippen MR) is 103 cm³/mol. The highest BCUT2D eigenvalue weighted by molar-refractivity contribution is 7.71. The van der Waals surface area contributed by atoms with E-state index in [1.165, 1.54) is 0 Å². The lowest BCUT2D eigenvalue weighted by atomic mass is 10.0. The number of ether oxygens (including phenoxy) is 1. The molecule has 0 aliphatic rings. The fraction of sp³-hybridized carbons (Fsp3) is 0.211. The van der Waals surface area contributed by atoms with Crippen molar-refractivity contribution in [1.29, 1.82) is 0 Å². The number of methoxy groups -OCH3 is 1. The number of benzene rings is 2. The maximum Gasteiger partial charge on any atom is 0.259 e. The van der Waals surface area contributed by atoms with Crippen molar-refractivity contribution in [2.45, 2.75) is 19.4 Å². The molecule has 0 aliphatic carbocycles. The molecule has 0 radical (unpaired) electrons. The van der Waals surface area contributed by atoms with Crippen molar-refractivity contribution in [2.75, 3.05) is 7.11 Å². The van der Waals surface area contributed by atoms with Crippen LogP contribution in [0.25, 0.3) is 10.9 Å². The maximum atomic E-state index is 12.7. The molecule has 26 heavy (non-hydrogen) atoms. The Morgan fingerprint density at radius 1 is 1.19 bits per heavy atom. The van der Waals surface area contributed by atoms with Crippen LogP contribution in [0.4, 0.5) is 0 Å². The molecule has 7 heteroatoms. The topological polar surface area (TPSA) is 87.0 Å². The lowest BCUT2D eigenvalue weighted by Gasteiger charge is -2.18. The molecule has 0 spiro atoms. The molecule has 0 saturated heterocycles. The third-order valence-corrected chi connectivity index (χ3v) is 4.44. The van der Waals surface area contributed by atoms with Crippen molar-refractivity contribution < 1.29 is 9.53 Å². The molecule has 3 aromatic rings. The highest BCUT2D eigenvalue weighted by Gasteiger charge is 2.15. The van der Waals surface area contributed by atoms with Crippen LogP contribution in [0.1, 0.15) is 35.3 Å². The molecular weight excluding hydrogens is 350 g/mol. The van der Waals surface area contributed by atoms with Crippen LogP contribution in [0.3, 0.4) is 0 Å². The van der Waals surface area contributed by atoms with E-state index in [0.29, 0.717) is 16.5 Å². The first-order chi connectivity index (χ1) is 12.5. The molecule has 0 saturated carbocycles. The highest BCUT2D eigenvalue weighted by atomic mass is 32.1. The number of hydrogen-bond acceptors (Lipinski definition) is 4. The minimum atomic E-state index is -0.277. The number of fused-ring (bicyclic) bond motifs is 1. The molecule has 1 atom stereocenters. The number of rotatable bonds is 5. The molecule has 0 fully saturated rings. The van der Waals surface area contributed by atoms with Crippen LogP contribution < -0.4 is 15.6 Å². The van der Waals surface area contributed by atoms with Crippen molar-refractivity contribution in [2.24, 2.45) is 0 Å². The quantitative estimate of drug-likeness (QED) is 0.601. The summed E-state index contributed by atoms with van der Waals surface area (Å²) in [7, 11) is 1.62. The van der Waals surface area contributed by atoms with Gasteiger partial charge in [0, 0.05) is 5.56 Å². The number of H-pyrrole nitrogens is 2. The van der Waals surface area contributed by atoms with Crippen LogP contribution in [0, 0.1) is 4.77 Å². The monoisotopic (exact) mass is 369 g/mol. The van der Waals surface area contributed by atoms with Crippen LogP contribution in [-0.4, -0.2) is 23.0 Å². The third kappa shape index (κ3) is 3.67. The number of carbonyl (C=O) groups is 1. The molecular formula is C19H19N3O3S. The van der Waals surface area contributed by atoms with Crippen LogP contribution in [-0.2, 0) is 0 Å². The fourth-order valence-electron chi connectivity index (χ4n) is 2.81. The van der Waals surface area contributed by atoms with Crippen LogP contribution >= 0.6 is 12.2 Å². The van der Waals surface area contributed by atoms with E-state index in [2.05, 4.69) is 15.3 Å². The molecule has 134 valence electrons. The van der Waals surface area contributed by atoms with Crippen molar-refractivity contribution in [3.63, 3.8) is 0 Å². The summed E-state index contributed by atoms with van der Waals surface area (Å²) in [6, 6.07) is 12.4. The predicted octanol–water partition coefficient (Wildman–Crippen LogP) is 3.48. The van der Waals surface area contributed by atoms with E-state index < -0.39 is 0 Å². The van der Waals surface area contributed by atoms with Crippen LogP contribution in [0.15, 0.2) is 47.3 Å². The number of aromatic nitrogens is 2. The van der Waals surface area contributed by atoms with E-state index in [4.69, 9.17) is 17.0 Å². The van der Waals surface area contributed by atoms with Crippen LogP contribution in [0.5, 0.6) is 5.75 Å². The van der Waals surface area contributed by atoms with Gasteiger partial charge in [0.15, 0.2) is 4.77 Å². The second-order valence-corrected chi connectivity index (χ2v) is 6.28. The number of aromatic amines is 2. The summed E-state index contributed by atoms with van der Waals surface area (Å²) in [5.41, 5.74) is 1.71. The summed E-state index contributed by atoms with van der Waals surface area (Å²) in [6.45, 7) is 2.01. The van der Waals surface area contributed by atoms with Gasteiger partial charge >= 0.3 is 0 Å². The van der Waals surface area contributed by atoms with Gasteiger partial charge in [0.1, 0.15) is 5.75 Å². The lowest BCUT2D eigenvalue weighted by molar-refractivity contribution is 0.0935. The second-order valence-electron chi connectivity index (χ2n) is 5.88. The Labute approximate surface area is 155 Å². The molecule has 2 aromatic carbocycles. The number of hydrogen-bond donors (Lipinski definition) is 3. The Bertz CT molecular complexity index is 1050. The molecule has 1 heterocycles. The van der Waals surface area contributed by atoms with Gasteiger partial charge in [-0.2, -0.15) is 0 Å². The van der Waals surface area contributed by atoms with Gasteiger partial charge in [0.2, 0.25) is 0 Å². The van der Waals surface area contributed by atoms with Crippen molar-refractivity contribution in [1.82, 2.24) is 15.3 Å². The molecule has 0 bridgehead atoms. The van der Waals surface area contributed by atoms with Gasteiger partial charge in [-0.15, -0.1) is 0 Å². The summed E-state index contributed by atoms with van der Waals surface area (Å²) in [5.74, 6) is 0.555. The van der Waals surface area contributed by atoms with Gasteiger partial charge in [-0.3, -0.25) is 14.6 Å². The van der Waals surface area contributed by atoms with Gasteiger partial charge in [-0.05, 0) is 54.5 Å². The second kappa shape index (κ2) is 7.53. The highest BCUT2D eigenvalue weighted by Crippen LogP contribution is 2.21. The van der Waals surface area contributed by atoms with E-state index in [9.17, 15) is 9.59 Å². The van der Waals surface area contributed by atoms with Gasteiger partial charge in [-0.1, -0.05) is 19.1 Å². The van der Waals surface area contributed by atoms with Gasteiger partial charge in [0.25, 0.3) is 11.5 Å². The third-order valence-electron chi connectivity index (χ3n) is 4.23. The van der Waals surface area contributed by atoms with Crippen molar-refractivity contribution in [3.8, 4) is 5.75 Å². The zero-order valence-electron chi connectivity index (χ0n) is 14.5. The van der Waals surface area contributed by atoms with E-state index >= 15 is 0 Å². The number of amides is 1. The Hall–Kier alpha value is -2.93. The first-order valence-corrected chi connectivity index (χ1v) is 8.64. The minimum Gasteiger partial charge on any atom is -0.497 e. The summed E-state index contributed by atoms with van der Waals surface area (Å²) in [4.78, 5) is 30.0. The normalized spacial score (nSPS) is 11.9. The SMILES string of the molecule is CCC(NC(=O)c1ccc2c(=O)[nH]c(=S)[nH]c2c1)c1ccc(OC)cc1. The molecule has 6 nitrogen and oxygen atoms in total. The average Bonchev–Trinajstić information content (AvgIpc) is 2.65. The summed E-state index contributed by atoms with van der Waals surface area (Å²) < 4.78 is 5.39. The fourth-order valence-corrected chi connectivity index (χ4v) is 3.01. The summed E-state index contributed by atoms with van der Waals surface area (Å²) >= 11 is 4.99. The number of carbonyl (C=O) groups excluding carboxylic acids is 1. The lowest BCUT2D eigenvalue weighted by Crippen LogP contribution is -2.28. The van der Waals surface area contributed by atoms with Gasteiger partial charge in [0.05, 0.1) is 24.1 Å². The molecule has 0 aliphatic heterocycles. The summed E-state index contributed by atoms with van der Waals surface area (Å²) in [6.07, 6.45) is 0.744. The van der Waals surface area contributed by atoms with Crippen LogP contribution in [0.2, 0.25) is 0 Å². The first-order valence-electron chi connectivity index (χ1n) is 8.23. The largest absolute Gasteiger partial charge is 0.497 e. The number of nitrogens with one attached hydrogen (secondary N) is 3. The Morgan fingerprint density at radius 2 is 1.92 bits per heavy atom. The molecule has 3 N–H and O–H groups in total. The molecule has 1 amide bonds. The molecule has 1 unspecified atom stereocenters. The standard InChI is InChI=1S/C19H19N3O3S/c1-3-15(11-4-7-13(25-2)8-5-11)20-17(23)12-6-9-14-16(10-12)21-19(26)22-18(14)24/h4-10,15H,3H2,1-2H3,(H,20,23)(H2,21,22,24,26). The molecule has 1 aromatic heterocycles. The van der Waals surface area contributed by atoms with E-state index in [1.807, 2.05) is 31.2 Å². The van der Waals surface area contributed by atoms with Gasteiger partial charge in [-0.25, -0.2) is 0 Å². The Morgan fingerprint density at radius 3 is 2.58 bits per heavy atom. The Kier molecular flexibility index (Phi) is 5.18. The van der Waals surface area contributed by atoms with E-state index in [1.54, 1.807) is 25.3 Å². The summed E-state index contributed by atoms with van der Waals surface area (Å²) in [5, 5.41) is 3.48. The first kappa shape index (κ1) is 17.9. The Balaban J connectivity index is 1.86. The average molecular weight is 369 g/mol. The van der Waals surface area contributed by atoms with Crippen molar-refractivity contribution >= 4 is 29.0 Å². The zero-order chi connectivity index (χ0) is 18.7. The maximum absolute atomic E-state index is 12.7. The minimum absolute atomic E-state index is 0.123. The van der Waals surface area contributed by atoms with E-state index in [-0.39, 0.29) is 22.3 Å². The zero-order valence-corrected chi connectivity index (χ0v) is 15.3.